The van der Waals surface area contributed by atoms with Crippen molar-refractivity contribution in [3.05, 3.63) is 53.5 Å². The van der Waals surface area contributed by atoms with Gasteiger partial charge in [-0.1, -0.05) is 12.1 Å². The molecule has 1 aliphatic heterocycles. The molecule has 0 bridgehead atoms. The van der Waals surface area contributed by atoms with Crippen molar-refractivity contribution in [2.75, 3.05) is 11.9 Å². The van der Waals surface area contributed by atoms with Crippen molar-refractivity contribution in [2.45, 2.75) is 32.7 Å². The number of nitrogens with one attached hydrogen (secondary N) is 1. The second kappa shape index (κ2) is 6.28. The number of amides is 2. The van der Waals surface area contributed by atoms with Gasteiger partial charge in [-0.2, -0.15) is 0 Å². The molecule has 5 heteroatoms. The van der Waals surface area contributed by atoms with Crippen LogP contribution >= 0.6 is 0 Å². The summed E-state index contributed by atoms with van der Waals surface area (Å²) < 4.78 is 5.17. The van der Waals surface area contributed by atoms with E-state index in [2.05, 4.69) is 5.32 Å². The van der Waals surface area contributed by atoms with E-state index in [1.807, 2.05) is 32.0 Å². The van der Waals surface area contributed by atoms with Crippen LogP contribution in [0.3, 0.4) is 0 Å². The summed E-state index contributed by atoms with van der Waals surface area (Å²) in [7, 11) is 0. The first-order valence-electron chi connectivity index (χ1n) is 7.79. The van der Waals surface area contributed by atoms with Gasteiger partial charge < -0.3 is 14.6 Å². The molecule has 2 amide bonds. The number of likely N-dealkylation sites (tertiary alicyclic amines) is 1. The van der Waals surface area contributed by atoms with Crippen molar-refractivity contribution < 1.29 is 14.0 Å². The van der Waals surface area contributed by atoms with Crippen LogP contribution in [0.2, 0.25) is 0 Å². The summed E-state index contributed by atoms with van der Waals surface area (Å²) in [6.45, 7) is 4.51. The van der Waals surface area contributed by atoms with Crippen LogP contribution in [-0.2, 0) is 4.79 Å². The maximum atomic E-state index is 12.6. The molecule has 1 atom stereocenters. The van der Waals surface area contributed by atoms with Gasteiger partial charge in [-0.25, -0.2) is 0 Å². The first-order chi connectivity index (χ1) is 11.1. The van der Waals surface area contributed by atoms with Crippen molar-refractivity contribution in [3.63, 3.8) is 0 Å². The summed E-state index contributed by atoms with van der Waals surface area (Å²) >= 11 is 0. The number of furan rings is 1. The highest BCUT2D eigenvalue weighted by Crippen LogP contribution is 2.23. The Morgan fingerprint density at radius 1 is 1.26 bits per heavy atom. The molecule has 1 saturated heterocycles. The second-order valence-electron chi connectivity index (χ2n) is 5.94. The van der Waals surface area contributed by atoms with Crippen molar-refractivity contribution >= 4 is 17.5 Å². The van der Waals surface area contributed by atoms with Gasteiger partial charge in [0.2, 0.25) is 5.91 Å². The van der Waals surface area contributed by atoms with Gasteiger partial charge in [0.05, 0.1) is 6.26 Å². The molecule has 0 aliphatic carbocycles. The molecule has 1 aliphatic rings. The van der Waals surface area contributed by atoms with Gasteiger partial charge in [0, 0.05) is 12.2 Å². The quantitative estimate of drug-likeness (QED) is 0.947. The van der Waals surface area contributed by atoms with Gasteiger partial charge in [-0.3, -0.25) is 9.59 Å². The summed E-state index contributed by atoms with van der Waals surface area (Å²) in [5.41, 5.74) is 2.89. The fraction of sp³-hybridized carbons (Fsp3) is 0.333. The first kappa shape index (κ1) is 15.3. The van der Waals surface area contributed by atoms with E-state index >= 15 is 0 Å². The van der Waals surface area contributed by atoms with E-state index in [-0.39, 0.29) is 17.6 Å². The van der Waals surface area contributed by atoms with Gasteiger partial charge in [0.1, 0.15) is 6.04 Å². The average molecular weight is 312 g/mol. The number of aryl methyl sites for hydroxylation is 2. The Labute approximate surface area is 135 Å². The fourth-order valence-corrected chi connectivity index (χ4v) is 2.91. The maximum absolute atomic E-state index is 12.6. The molecule has 0 saturated carbocycles. The number of rotatable bonds is 3. The molecule has 1 fully saturated rings. The Bertz CT molecular complexity index is 722. The molecule has 1 unspecified atom stereocenters. The van der Waals surface area contributed by atoms with E-state index in [0.29, 0.717) is 13.0 Å². The zero-order chi connectivity index (χ0) is 16.4. The number of nitrogens with zero attached hydrogens (tertiary/aromatic N) is 1. The lowest BCUT2D eigenvalue weighted by Gasteiger charge is -2.23. The van der Waals surface area contributed by atoms with E-state index in [0.717, 1.165) is 23.2 Å². The third-order valence-corrected chi connectivity index (χ3v) is 4.20. The van der Waals surface area contributed by atoms with Crippen molar-refractivity contribution in [1.82, 2.24) is 4.90 Å². The lowest BCUT2D eigenvalue weighted by atomic mass is 10.1. The van der Waals surface area contributed by atoms with Gasteiger partial charge in [0.25, 0.3) is 5.91 Å². The molecular formula is C18H20N2O3. The topological polar surface area (TPSA) is 62.6 Å². The normalized spacial score (nSPS) is 17.3. The number of anilines is 1. The first-order valence-corrected chi connectivity index (χ1v) is 7.79. The minimum atomic E-state index is -0.451. The van der Waals surface area contributed by atoms with Crippen molar-refractivity contribution in [3.8, 4) is 0 Å². The molecule has 1 aromatic carbocycles. The van der Waals surface area contributed by atoms with Crippen LogP contribution in [0.5, 0.6) is 0 Å². The molecule has 2 heterocycles. The summed E-state index contributed by atoms with van der Waals surface area (Å²) in [5.74, 6) is -0.0962. The summed E-state index contributed by atoms with van der Waals surface area (Å²) in [6.07, 6.45) is 2.95. The van der Waals surface area contributed by atoms with Crippen molar-refractivity contribution in [1.29, 1.82) is 0 Å². The molecular weight excluding hydrogens is 292 g/mol. The van der Waals surface area contributed by atoms with E-state index < -0.39 is 6.04 Å². The Kier molecular flexibility index (Phi) is 4.19. The molecule has 1 aromatic heterocycles. The van der Waals surface area contributed by atoms with E-state index in [1.54, 1.807) is 17.0 Å². The van der Waals surface area contributed by atoms with Gasteiger partial charge in [-0.15, -0.1) is 0 Å². The predicted octanol–water partition coefficient (Wildman–Crippen LogP) is 3.14. The summed E-state index contributed by atoms with van der Waals surface area (Å²) in [6, 6.07) is 8.78. The Morgan fingerprint density at radius 2 is 2.09 bits per heavy atom. The Morgan fingerprint density at radius 3 is 2.83 bits per heavy atom. The SMILES string of the molecule is Cc1ccc(C)c(NC(=O)C2CCCN2C(=O)c2ccco2)c1. The van der Waals surface area contributed by atoms with Gasteiger partial charge in [-0.05, 0) is 56.0 Å². The highest BCUT2D eigenvalue weighted by atomic mass is 16.3. The van der Waals surface area contributed by atoms with E-state index in [4.69, 9.17) is 4.42 Å². The van der Waals surface area contributed by atoms with Crippen LogP contribution in [0.1, 0.15) is 34.5 Å². The monoisotopic (exact) mass is 312 g/mol. The smallest absolute Gasteiger partial charge is 0.290 e. The van der Waals surface area contributed by atoms with Crippen LogP contribution in [0.25, 0.3) is 0 Å². The molecule has 5 nitrogen and oxygen atoms in total. The number of hydrogen-bond acceptors (Lipinski definition) is 3. The highest BCUT2D eigenvalue weighted by Gasteiger charge is 2.35. The van der Waals surface area contributed by atoms with Crippen LogP contribution in [0.15, 0.2) is 41.0 Å². The Balaban J connectivity index is 1.76. The minimum Gasteiger partial charge on any atom is -0.459 e. The second-order valence-corrected chi connectivity index (χ2v) is 5.94. The molecule has 3 rings (SSSR count). The summed E-state index contributed by atoms with van der Waals surface area (Å²) in [5, 5.41) is 2.96. The van der Waals surface area contributed by atoms with E-state index in [9.17, 15) is 9.59 Å². The molecule has 0 spiro atoms. The number of carbonyl (C=O) groups excluding carboxylic acids is 2. The van der Waals surface area contributed by atoms with Crippen LogP contribution in [-0.4, -0.2) is 29.3 Å². The van der Waals surface area contributed by atoms with Crippen LogP contribution in [0.4, 0.5) is 5.69 Å². The lowest BCUT2D eigenvalue weighted by Crippen LogP contribution is -2.43. The van der Waals surface area contributed by atoms with Gasteiger partial charge >= 0.3 is 0 Å². The highest BCUT2D eigenvalue weighted by molar-refractivity contribution is 6.00. The third kappa shape index (κ3) is 3.13. The summed E-state index contributed by atoms with van der Waals surface area (Å²) in [4.78, 5) is 26.7. The molecule has 120 valence electrons. The molecule has 2 aromatic rings. The third-order valence-electron chi connectivity index (χ3n) is 4.20. The maximum Gasteiger partial charge on any atom is 0.290 e. The standard InChI is InChI=1S/C18H20N2O3/c1-12-7-8-13(2)14(11-12)19-17(21)15-5-3-9-20(15)18(22)16-6-4-10-23-16/h4,6-8,10-11,15H,3,5,9H2,1-2H3,(H,19,21). The van der Waals surface area contributed by atoms with E-state index in [1.165, 1.54) is 6.26 Å². The molecule has 0 radical (unpaired) electrons. The number of hydrogen-bond donors (Lipinski definition) is 1. The number of benzene rings is 1. The lowest BCUT2D eigenvalue weighted by molar-refractivity contribution is -0.119. The Hall–Kier alpha value is -2.56. The zero-order valence-corrected chi connectivity index (χ0v) is 13.3. The van der Waals surface area contributed by atoms with Crippen LogP contribution < -0.4 is 5.32 Å². The molecule has 23 heavy (non-hydrogen) atoms. The van der Waals surface area contributed by atoms with Crippen LogP contribution in [0, 0.1) is 13.8 Å². The zero-order valence-electron chi connectivity index (χ0n) is 13.3. The van der Waals surface area contributed by atoms with Crippen molar-refractivity contribution in [2.24, 2.45) is 0 Å². The molecule has 1 N–H and O–H groups in total. The minimum absolute atomic E-state index is 0.142. The predicted molar refractivity (Wildman–Crippen MR) is 87.3 cm³/mol. The fourth-order valence-electron chi connectivity index (χ4n) is 2.91. The largest absolute Gasteiger partial charge is 0.459 e. The number of carbonyl (C=O) groups is 2. The van der Waals surface area contributed by atoms with Gasteiger partial charge in [0.15, 0.2) is 5.76 Å². The average Bonchev–Trinajstić information content (AvgIpc) is 3.20.